The van der Waals surface area contributed by atoms with E-state index in [9.17, 15) is 19.2 Å². The molecule has 128 valence electrons. The summed E-state index contributed by atoms with van der Waals surface area (Å²) in [5.74, 6) is -1.92. The summed E-state index contributed by atoms with van der Waals surface area (Å²) in [6.45, 7) is 3.48. The Kier molecular flexibility index (Phi) is 3.88. The van der Waals surface area contributed by atoms with Crippen LogP contribution in [0.4, 0.5) is 5.82 Å². The monoisotopic (exact) mass is 341 g/mol. The molecular weight excluding hydrogens is 326 g/mol. The molecule has 2 aromatic rings. The maximum Gasteiger partial charge on any atom is 0.338 e. The number of pyridine rings is 1. The highest BCUT2D eigenvalue weighted by atomic mass is 16.5. The lowest BCUT2D eigenvalue weighted by Gasteiger charge is -2.12. The number of aromatic nitrogens is 1. The molecule has 3 rings (SSSR count). The minimum Gasteiger partial charge on any atom is -0.459 e. The number of anilines is 1. The highest BCUT2D eigenvalue weighted by molar-refractivity contribution is 6.23. The van der Waals surface area contributed by atoms with Crippen molar-refractivity contribution in [2.45, 2.75) is 20.0 Å². The normalized spacial score (nSPS) is 12.9. The van der Waals surface area contributed by atoms with E-state index < -0.39 is 23.3 Å². The predicted octanol–water partition coefficient (Wildman–Crippen LogP) is 0.868. The number of ether oxygens (including phenoxy) is 1. The van der Waals surface area contributed by atoms with Crippen LogP contribution < -0.4 is 16.6 Å². The zero-order valence-corrected chi connectivity index (χ0v) is 13.5. The van der Waals surface area contributed by atoms with Gasteiger partial charge in [0.1, 0.15) is 5.82 Å². The summed E-state index contributed by atoms with van der Waals surface area (Å²) in [5.41, 5.74) is 5.99. The van der Waals surface area contributed by atoms with Crippen molar-refractivity contribution in [3.63, 3.8) is 0 Å². The van der Waals surface area contributed by atoms with E-state index in [2.05, 4.69) is 5.32 Å². The number of carbonyl (C=O) groups excluding carboxylic acids is 3. The van der Waals surface area contributed by atoms with Crippen molar-refractivity contribution in [3.8, 4) is 5.69 Å². The van der Waals surface area contributed by atoms with Gasteiger partial charge in [-0.2, -0.15) is 0 Å². The van der Waals surface area contributed by atoms with Crippen LogP contribution >= 0.6 is 0 Å². The number of nitrogens with zero attached hydrogens (tertiary/aromatic N) is 1. The van der Waals surface area contributed by atoms with Gasteiger partial charge in [0.2, 0.25) is 0 Å². The van der Waals surface area contributed by atoms with Crippen LogP contribution in [-0.4, -0.2) is 28.5 Å². The van der Waals surface area contributed by atoms with Gasteiger partial charge in [0.15, 0.2) is 0 Å². The van der Waals surface area contributed by atoms with Crippen molar-refractivity contribution >= 4 is 23.6 Å². The van der Waals surface area contributed by atoms with Crippen molar-refractivity contribution in [1.29, 1.82) is 0 Å². The maximum atomic E-state index is 12.3. The number of nitrogens with one attached hydrogen (secondary N) is 1. The predicted molar refractivity (Wildman–Crippen MR) is 88.8 cm³/mol. The fourth-order valence-corrected chi connectivity index (χ4v) is 2.57. The van der Waals surface area contributed by atoms with Crippen molar-refractivity contribution in [1.82, 2.24) is 9.88 Å². The molecule has 0 unspecified atom stereocenters. The molecule has 1 aliphatic rings. The molecule has 0 aliphatic carbocycles. The summed E-state index contributed by atoms with van der Waals surface area (Å²) >= 11 is 0. The number of hydrogen-bond donors (Lipinski definition) is 2. The minimum atomic E-state index is -0.650. The molecule has 0 radical (unpaired) electrons. The number of hydrogen-bond acceptors (Lipinski definition) is 6. The number of esters is 1. The third-order valence-electron chi connectivity index (χ3n) is 3.66. The zero-order valence-electron chi connectivity index (χ0n) is 13.5. The highest BCUT2D eigenvalue weighted by Gasteiger charge is 2.31. The van der Waals surface area contributed by atoms with Crippen LogP contribution in [0.15, 0.2) is 35.1 Å². The number of nitrogen functional groups attached to an aromatic ring is 1. The van der Waals surface area contributed by atoms with Gasteiger partial charge >= 0.3 is 5.97 Å². The number of amides is 2. The van der Waals surface area contributed by atoms with E-state index in [1.165, 1.54) is 24.3 Å². The van der Waals surface area contributed by atoms with Gasteiger partial charge in [-0.15, -0.1) is 0 Å². The van der Waals surface area contributed by atoms with E-state index >= 15 is 0 Å². The minimum absolute atomic E-state index is 0.0344. The number of benzene rings is 1. The van der Waals surface area contributed by atoms with Gasteiger partial charge in [-0.1, -0.05) is 0 Å². The Bertz CT molecular complexity index is 957. The third-order valence-corrected chi connectivity index (χ3v) is 3.66. The van der Waals surface area contributed by atoms with Crippen LogP contribution in [0.2, 0.25) is 0 Å². The summed E-state index contributed by atoms with van der Waals surface area (Å²) < 4.78 is 6.20. The Morgan fingerprint density at radius 3 is 2.36 bits per heavy atom. The van der Waals surface area contributed by atoms with Gasteiger partial charge in [0.25, 0.3) is 17.4 Å². The van der Waals surface area contributed by atoms with Crippen LogP contribution in [0.3, 0.4) is 0 Å². The molecule has 2 heterocycles. The number of rotatable bonds is 3. The van der Waals surface area contributed by atoms with Gasteiger partial charge in [-0.25, -0.2) is 4.79 Å². The number of nitrogens with two attached hydrogens (primary N) is 1. The standard InChI is InChI=1S/C17H15N3O5/c1-8(2)25-17(24)9-3-5-10(6-4-9)20-12(21)7-11-13(14(20)18)16(23)19-15(11)22/h3-8H,18H2,1-2H3,(H,19,22,23). The molecular formula is C17H15N3O5. The van der Waals surface area contributed by atoms with Gasteiger partial charge in [0, 0.05) is 6.07 Å². The fourth-order valence-electron chi connectivity index (χ4n) is 2.57. The van der Waals surface area contributed by atoms with Gasteiger partial charge in [0.05, 0.1) is 28.5 Å². The van der Waals surface area contributed by atoms with Crippen LogP contribution in [0.25, 0.3) is 5.69 Å². The summed E-state index contributed by atoms with van der Waals surface area (Å²) in [4.78, 5) is 47.7. The van der Waals surface area contributed by atoms with Crippen molar-refractivity contribution in [2.24, 2.45) is 0 Å². The average molecular weight is 341 g/mol. The molecule has 3 N–H and O–H groups in total. The van der Waals surface area contributed by atoms with E-state index in [0.29, 0.717) is 11.3 Å². The second kappa shape index (κ2) is 5.90. The van der Waals surface area contributed by atoms with Crippen LogP contribution in [-0.2, 0) is 4.74 Å². The van der Waals surface area contributed by atoms with E-state index in [1.807, 2.05) is 0 Å². The molecule has 0 saturated heterocycles. The first-order valence-corrected chi connectivity index (χ1v) is 7.52. The molecule has 2 amide bonds. The smallest absolute Gasteiger partial charge is 0.338 e. The van der Waals surface area contributed by atoms with E-state index in [1.54, 1.807) is 13.8 Å². The Balaban J connectivity index is 2.05. The van der Waals surface area contributed by atoms with E-state index in [-0.39, 0.29) is 23.0 Å². The average Bonchev–Trinajstić information content (AvgIpc) is 2.81. The topological polar surface area (TPSA) is 120 Å². The lowest BCUT2D eigenvalue weighted by molar-refractivity contribution is 0.0377. The highest BCUT2D eigenvalue weighted by Crippen LogP contribution is 2.23. The molecule has 25 heavy (non-hydrogen) atoms. The molecule has 1 aromatic heterocycles. The Hall–Kier alpha value is -3.42. The lowest BCUT2D eigenvalue weighted by atomic mass is 10.1. The Morgan fingerprint density at radius 1 is 1.12 bits per heavy atom. The quantitative estimate of drug-likeness (QED) is 0.631. The fraction of sp³-hybridized carbons (Fsp3) is 0.176. The Labute approximate surface area is 142 Å². The number of imide groups is 1. The van der Waals surface area contributed by atoms with Crippen molar-refractivity contribution in [2.75, 3.05) is 5.73 Å². The summed E-state index contributed by atoms with van der Waals surface area (Å²) in [7, 11) is 0. The summed E-state index contributed by atoms with van der Waals surface area (Å²) in [5, 5.41) is 2.10. The molecule has 0 fully saturated rings. The molecule has 0 atom stereocenters. The zero-order chi connectivity index (χ0) is 18.3. The van der Waals surface area contributed by atoms with Crippen LogP contribution in [0.1, 0.15) is 44.9 Å². The molecule has 8 nitrogen and oxygen atoms in total. The SMILES string of the molecule is CC(C)OC(=O)c1ccc(-n2c(N)c3c(cc2=O)C(=O)NC3=O)cc1. The van der Waals surface area contributed by atoms with E-state index in [0.717, 1.165) is 10.6 Å². The van der Waals surface area contributed by atoms with Gasteiger partial charge in [-0.05, 0) is 38.1 Å². The van der Waals surface area contributed by atoms with Gasteiger partial charge < -0.3 is 10.5 Å². The van der Waals surface area contributed by atoms with Crippen LogP contribution in [0, 0.1) is 0 Å². The molecule has 0 bridgehead atoms. The molecule has 1 aromatic carbocycles. The molecule has 1 aliphatic heterocycles. The largest absolute Gasteiger partial charge is 0.459 e. The van der Waals surface area contributed by atoms with Gasteiger partial charge in [-0.3, -0.25) is 24.3 Å². The third kappa shape index (κ3) is 2.78. The molecule has 8 heteroatoms. The summed E-state index contributed by atoms with van der Waals surface area (Å²) in [6.07, 6.45) is -0.252. The second-order valence-corrected chi connectivity index (χ2v) is 5.78. The summed E-state index contributed by atoms with van der Waals surface area (Å²) in [6, 6.07) is 7.06. The lowest BCUT2D eigenvalue weighted by Crippen LogP contribution is -2.24. The van der Waals surface area contributed by atoms with Crippen LogP contribution in [0.5, 0.6) is 0 Å². The number of fused-ring (bicyclic) bond motifs is 1. The second-order valence-electron chi connectivity index (χ2n) is 5.78. The van der Waals surface area contributed by atoms with Crippen molar-refractivity contribution < 1.29 is 19.1 Å². The Morgan fingerprint density at radius 2 is 1.76 bits per heavy atom. The molecule has 0 saturated carbocycles. The number of carbonyl (C=O) groups is 3. The molecule has 0 spiro atoms. The first-order valence-electron chi connectivity index (χ1n) is 7.52. The first kappa shape index (κ1) is 16.4. The van der Waals surface area contributed by atoms with E-state index in [4.69, 9.17) is 10.5 Å². The maximum absolute atomic E-state index is 12.3. The van der Waals surface area contributed by atoms with Crippen molar-refractivity contribution in [3.05, 3.63) is 57.4 Å². The first-order chi connectivity index (χ1) is 11.8.